The molecule has 4 nitrogen and oxygen atoms in total. The van der Waals surface area contributed by atoms with Crippen molar-refractivity contribution in [2.24, 2.45) is 0 Å². The van der Waals surface area contributed by atoms with Gasteiger partial charge in [-0.25, -0.2) is 0 Å². The Hall–Kier alpha value is 1.48. The fourth-order valence-corrected chi connectivity index (χ4v) is 0. The van der Waals surface area contributed by atoms with Gasteiger partial charge in [-0.05, 0) is 0 Å². The standard InChI is InChI=1S/FO.Na.3H2O.Ti.H/c1-2;;;;;;/h;;3*1H2;;/q-1;;;;;+4;/p-3. The molecule has 0 radical (unpaired) electrons. The van der Waals surface area contributed by atoms with Gasteiger partial charge >= 0.3 is 66.8 Å². The van der Waals surface area contributed by atoms with E-state index in [0.717, 1.165) is 0 Å². The second-order valence-corrected chi connectivity index (χ2v) is 2.68. The zero-order chi connectivity index (χ0) is 5.21. The van der Waals surface area contributed by atoms with Gasteiger partial charge in [0.05, 0.1) is 0 Å². The Morgan fingerprint density at radius 3 is 1.43 bits per heavy atom. The van der Waals surface area contributed by atoms with E-state index in [1.807, 2.05) is 0 Å². The maximum atomic E-state index is 10.3. The van der Waals surface area contributed by atoms with Gasteiger partial charge in [0.15, 0.2) is 0 Å². The quantitative estimate of drug-likeness (QED) is 0.387. The Bertz CT molecular complexity index is 41.4. The van der Waals surface area contributed by atoms with Gasteiger partial charge in [0.2, 0.25) is 0 Å². The topological polar surface area (TPSA) is 69.9 Å². The van der Waals surface area contributed by atoms with Crippen molar-refractivity contribution in [1.29, 1.82) is 0 Å². The molecule has 0 aromatic carbocycles. The van der Waals surface area contributed by atoms with Crippen LogP contribution in [0.2, 0.25) is 0 Å². The molecule has 0 fully saturated rings. The van der Waals surface area contributed by atoms with E-state index in [0.29, 0.717) is 0 Å². The zero-order valence-electron chi connectivity index (χ0n) is 2.63. The Balaban J connectivity index is 0. The first-order chi connectivity index (χ1) is 2.56. The van der Waals surface area contributed by atoms with E-state index >= 15 is 0 Å². The third-order valence-corrected chi connectivity index (χ3v) is 0.427. The van der Waals surface area contributed by atoms with E-state index < -0.39 is 18.1 Å². The molecule has 0 amide bonds. The van der Waals surface area contributed by atoms with Crippen LogP contribution in [0, 0.1) is 0 Å². The summed E-state index contributed by atoms with van der Waals surface area (Å²) >= 11 is -5.21. The molecule has 0 aliphatic rings. The van der Waals surface area contributed by atoms with Crippen molar-refractivity contribution in [3.8, 4) is 0 Å². The second-order valence-electron chi connectivity index (χ2n) is 0.651. The molecular formula is H4FNaO4Ti. The Morgan fingerprint density at radius 1 is 1.29 bits per heavy atom. The molecule has 0 spiro atoms. The molecule has 0 aromatic heterocycles. The second kappa shape index (κ2) is 4.37. The van der Waals surface area contributed by atoms with Crippen molar-refractivity contribution in [2.75, 3.05) is 0 Å². The summed E-state index contributed by atoms with van der Waals surface area (Å²) in [6.45, 7) is 0. The summed E-state index contributed by atoms with van der Waals surface area (Å²) in [6.07, 6.45) is 0. The van der Waals surface area contributed by atoms with E-state index in [2.05, 4.69) is 3.52 Å². The first kappa shape index (κ1) is 11.3. The van der Waals surface area contributed by atoms with Gasteiger partial charge in [-0.15, -0.1) is 0 Å². The molecule has 0 aromatic rings. The summed E-state index contributed by atoms with van der Waals surface area (Å²) in [5.74, 6) is 0. The van der Waals surface area contributed by atoms with Crippen molar-refractivity contribution in [1.82, 2.24) is 0 Å². The van der Waals surface area contributed by atoms with Crippen LogP contribution in [0.1, 0.15) is 0 Å². The van der Waals surface area contributed by atoms with Gasteiger partial charge in [-0.1, -0.05) is 0 Å². The van der Waals surface area contributed by atoms with Crippen LogP contribution < -0.4 is 0 Å². The summed E-state index contributed by atoms with van der Waals surface area (Å²) in [6, 6.07) is 0. The van der Waals surface area contributed by atoms with E-state index in [4.69, 9.17) is 11.1 Å². The summed E-state index contributed by atoms with van der Waals surface area (Å²) in [4.78, 5) is 0. The van der Waals surface area contributed by atoms with Crippen LogP contribution in [0.3, 0.4) is 0 Å². The molecule has 0 saturated carbocycles. The van der Waals surface area contributed by atoms with Gasteiger partial charge < -0.3 is 0 Å². The molecule has 0 bridgehead atoms. The minimum absolute atomic E-state index is 0. The van der Waals surface area contributed by atoms with Crippen molar-refractivity contribution >= 4 is 29.6 Å². The summed E-state index contributed by atoms with van der Waals surface area (Å²) < 4.78 is 35.2. The molecule has 7 heavy (non-hydrogen) atoms. The molecule has 0 unspecified atom stereocenters. The van der Waals surface area contributed by atoms with Crippen LogP contribution in [0.5, 0.6) is 0 Å². The van der Waals surface area contributed by atoms with Gasteiger partial charge in [-0.2, -0.15) is 0 Å². The summed E-state index contributed by atoms with van der Waals surface area (Å²) in [5.41, 5.74) is 0. The average Bonchev–Trinajstić information content (AvgIpc) is 1.35. The average molecular weight is 158 g/mol. The fraction of sp³-hybridized carbons (Fsp3) is 0. The van der Waals surface area contributed by atoms with Crippen molar-refractivity contribution in [3.63, 3.8) is 0 Å². The summed E-state index contributed by atoms with van der Waals surface area (Å²) in [7, 11) is 0. The van der Waals surface area contributed by atoms with Gasteiger partial charge in [0.1, 0.15) is 0 Å². The fourth-order valence-electron chi connectivity index (χ4n) is 0. The molecule has 0 atom stereocenters. The van der Waals surface area contributed by atoms with Crippen molar-refractivity contribution in [3.05, 3.63) is 0 Å². The van der Waals surface area contributed by atoms with Gasteiger partial charge in [0.25, 0.3) is 0 Å². The third kappa shape index (κ3) is 11.2. The number of hydrogen-bond donors (Lipinski definition) is 3. The zero-order valence-corrected chi connectivity index (χ0v) is 4.19. The monoisotopic (exact) mass is 158 g/mol. The molecule has 7 heteroatoms. The predicted octanol–water partition coefficient (Wildman–Crippen LogP) is -1.97. The molecule has 40 valence electrons. The van der Waals surface area contributed by atoms with E-state index in [9.17, 15) is 4.53 Å². The Kier molecular flexibility index (Phi) is 7.06. The predicted molar refractivity (Wildman–Crippen MR) is 16.0 cm³/mol. The molecule has 0 heterocycles. The van der Waals surface area contributed by atoms with Crippen LogP contribution in [0.15, 0.2) is 0 Å². The molecule has 0 aliphatic heterocycles. The normalized spacial score (nSPS) is 10.3. The number of rotatable bonds is 1. The minimum atomic E-state index is -5.21. The van der Waals surface area contributed by atoms with Crippen LogP contribution >= 0.6 is 0 Å². The van der Waals surface area contributed by atoms with Crippen LogP contribution in [0.25, 0.3) is 0 Å². The van der Waals surface area contributed by atoms with Crippen molar-refractivity contribution < 1.29 is 37.3 Å². The number of halogens is 1. The van der Waals surface area contributed by atoms with Crippen molar-refractivity contribution in [2.45, 2.75) is 0 Å². The van der Waals surface area contributed by atoms with Crippen LogP contribution in [0.4, 0.5) is 4.53 Å². The molecule has 0 rings (SSSR count). The molecule has 0 saturated heterocycles. The number of hydrogen-bond acceptors (Lipinski definition) is 4. The first-order valence-corrected chi connectivity index (χ1v) is 3.76. The Morgan fingerprint density at radius 2 is 1.43 bits per heavy atom. The van der Waals surface area contributed by atoms with Crippen LogP contribution in [-0.2, 0) is 21.7 Å². The Labute approximate surface area is 66.4 Å². The third-order valence-electron chi connectivity index (χ3n) is 0.104. The van der Waals surface area contributed by atoms with Gasteiger partial charge in [0, 0.05) is 0 Å². The molecule has 0 aliphatic carbocycles. The molecule has 3 N–H and O–H groups in total. The van der Waals surface area contributed by atoms with Crippen LogP contribution in [-0.4, -0.2) is 40.6 Å². The van der Waals surface area contributed by atoms with E-state index in [-0.39, 0.29) is 29.6 Å². The van der Waals surface area contributed by atoms with E-state index in [1.165, 1.54) is 0 Å². The maximum absolute atomic E-state index is 10.3. The summed E-state index contributed by atoms with van der Waals surface area (Å²) in [5, 5.41) is 0. The van der Waals surface area contributed by atoms with E-state index in [1.54, 1.807) is 0 Å². The van der Waals surface area contributed by atoms with Gasteiger partial charge in [-0.3, -0.25) is 0 Å². The first-order valence-electron chi connectivity index (χ1n) is 1.03. The molecular weight excluding hydrogens is 154 g/mol. The SMILES string of the molecule is [NaH].[OH][Ti]([OH])([OH])[O]F.